The minimum Gasteiger partial charge on any atom is -0.469 e. The van der Waals surface area contributed by atoms with E-state index >= 15 is 0 Å². The molecule has 0 radical (unpaired) electrons. The van der Waals surface area contributed by atoms with Crippen molar-refractivity contribution in [1.29, 1.82) is 0 Å². The lowest BCUT2D eigenvalue weighted by molar-refractivity contribution is 0.343. The molecule has 2 heteroatoms. The fraction of sp³-hybridized carbons (Fsp3) is 0.400. The predicted molar refractivity (Wildman–Crippen MR) is 46.7 cm³/mol. The molecule has 1 aliphatic carbocycles. The smallest absolute Gasteiger partial charge is 0.111 e. The number of rotatable bonds is 1. The van der Waals surface area contributed by atoms with E-state index in [2.05, 4.69) is 0 Å². The van der Waals surface area contributed by atoms with Gasteiger partial charge in [0.1, 0.15) is 5.76 Å². The molecule has 0 saturated carbocycles. The zero-order chi connectivity index (χ0) is 8.39. The zero-order valence-electron chi connectivity index (χ0n) is 6.92. The molecule has 1 aromatic rings. The van der Waals surface area contributed by atoms with Crippen LogP contribution in [0.2, 0.25) is 0 Å². The fourth-order valence-corrected chi connectivity index (χ4v) is 1.72. The molecule has 0 aromatic carbocycles. The Balaban J connectivity index is 2.38. The van der Waals surface area contributed by atoms with Crippen LogP contribution >= 0.6 is 0 Å². The second kappa shape index (κ2) is 3.15. The van der Waals surface area contributed by atoms with Gasteiger partial charge >= 0.3 is 0 Å². The highest BCUT2D eigenvalue weighted by atomic mass is 16.3. The molecule has 0 fully saturated rings. The van der Waals surface area contributed by atoms with Crippen LogP contribution in [0.4, 0.5) is 0 Å². The van der Waals surface area contributed by atoms with Gasteiger partial charge in [-0.05, 0) is 24.5 Å². The number of fused-ring (bicyclic) bond motifs is 1. The first kappa shape index (κ1) is 7.62. The summed E-state index contributed by atoms with van der Waals surface area (Å²) in [5.74, 6) is 1.07. The summed E-state index contributed by atoms with van der Waals surface area (Å²) in [6.07, 6.45) is 6.82. The van der Waals surface area contributed by atoms with Crippen molar-refractivity contribution in [2.24, 2.45) is 0 Å². The Hall–Kier alpha value is -1.02. The predicted octanol–water partition coefficient (Wildman–Crippen LogP) is 1.99. The third kappa shape index (κ3) is 1.18. The van der Waals surface area contributed by atoms with Gasteiger partial charge < -0.3 is 9.52 Å². The monoisotopic (exact) mass is 164 g/mol. The summed E-state index contributed by atoms with van der Waals surface area (Å²) in [6, 6.07) is 1.98. The van der Waals surface area contributed by atoms with Crippen molar-refractivity contribution in [1.82, 2.24) is 0 Å². The summed E-state index contributed by atoms with van der Waals surface area (Å²) in [6.45, 7) is 0.125. The molecule has 0 bridgehead atoms. The zero-order valence-corrected chi connectivity index (χ0v) is 6.92. The van der Waals surface area contributed by atoms with E-state index in [9.17, 15) is 0 Å². The Morgan fingerprint density at radius 3 is 3.25 bits per heavy atom. The number of aryl methyl sites for hydroxylation is 1. The topological polar surface area (TPSA) is 33.4 Å². The standard InChI is InChI=1S/C10H12O2/c11-6-4-8-2-1-3-10-9(8)5-7-12-10/h4-5,7,11H,1-3,6H2/b8-4+. The van der Waals surface area contributed by atoms with Crippen LogP contribution < -0.4 is 0 Å². The summed E-state index contributed by atoms with van der Waals surface area (Å²) in [4.78, 5) is 0. The van der Waals surface area contributed by atoms with Crippen LogP contribution in [0.25, 0.3) is 5.57 Å². The highest BCUT2D eigenvalue weighted by molar-refractivity contribution is 5.68. The van der Waals surface area contributed by atoms with Crippen LogP contribution in [-0.4, -0.2) is 11.7 Å². The quantitative estimate of drug-likeness (QED) is 0.688. The number of furan rings is 1. The van der Waals surface area contributed by atoms with E-state index in [1.54, 1.807) is 6.26 Å². The van der Waals surface area contributed by atoms with Crippen molar-refractivity contribution in [3.05, 3.63) is 29.7 Å². The van der Waals surface area contributed by atoms with Crippen LogP contribution in [0.5, 0.6) is 0 Å². The molecule has 12 heavy (non-hydrogen) atoms. The molecule has 1 aromatic heterocycles. The van der Waals surface area contributed by atoms with Crippen molar-refractivity contribution in [3.8, 4) is 0 Å². The summed E-state index contributed by atoms with van der Waals surface area (Å²) in [7, 11) is 0. The van der Waals surface area contributed by atoms with E-state index < -0.39 is 0 Å². The van der Waals surface area contributed by atoms with Crippen LogP contribution in [0.1, 0.15) is 24.2 Å². The van der Waals surface area contributed by atoms with Gasteiger partial charge in [0, 0.05) is 12.0 Å². The van der Waals surface area contributed by atoms with E-state index in [4.69, 9.17) is 9.52 Å². The Morgan fingerprint density at radius 1 is 1.50 bits per heavy atom. The number of aliphatic hydroxyl groups excluding tert-OH is 1. The minimum absolute atomic E-state index is 0.125. The van der Waals surface area contributed by atoms with Crippen LogP contribution in [0.3, 0.4) is 0 Å². The fourth-order valence-electron chi connectivity index (χ4n) is 1.72. The highest BCUT2D eigenvalue weighted by Gasteiger charge is 2.15. The third-order valence-corrected chi connectivity index (χ3v) is 2.28. The van der Waals surface area contributed by atoms with Gasteiger partial charge in [-0.2, -0.15) is 0 Å². The molecule has 2 nitrogen and oxygen atoms in total. The minimum atomic E-state index is 0.125. The normalized spacial score (nSPS) is 19.6. The van der Waals surface area contributed by atoms with Crippen LogP contribution in [0, 0.1) is 0 Å². The molecule has 0 atom stereocenters. The summed E-state index contributed by atoms with van der Waals surface area (Å²) in [5, 5.41) is 8.77. The van der Waals surface area contributed by atoms with Gasteiger partial charge in [-0.25, -0.2) is 0 Å². The van der Waals surface area contributed by atoms with Crippen molar-refractivity contribution in [2.75, 3.05) is 6.61 Å². The number of allylic oxidation sites excluding steroid dienone is 1. The van der Waals surface area contributed by atoms with E-state index in [1.807, 2.05) is 12.1 Å². The summed E-state index contributed by atoms with van der Waals surface area (Å²) in [5.41, 5.74) is 2.42. The van der Waals surface area contributed by atoms with Gasteiger partial charge in [0.2, 0.25) is 0 Å². The number of aliphatic hydroxyl groups is 1. The molecule has 0 unspecified atom stereocenters. The molecule has 64 valence electrons. The molecular formula is C10H12O2. The van der Waals surface area contributed by atoms with Gasteiger partial charge in [0.15, 0.2) is 0 Å². The number of hydrogen-bond donors (Lipinski definition) is 1. The second-order valence-electron chi connectivity index (χ2n) is 3.02. The van der Waals surface area contributed by atoms with Crippen molar-refractivity contribution < 1.29 is 9.52 Å². The Labute approximate surface area is 71.5 Å². The second-order valence-corrected chi connectivity index (χ2v) is 3.02. The lowest BCUT2D eigenvalue weighted by atomic mass is 9.93. The molecule has 2 rings (SSSR count). The summed E-state index contributed by atoms with van der Waals surface area (Å²) >= 11 is 0. The Kier molecular flexibility index (Phi) is 2.00. The van der Waals surface area contributed by atoms with Crippen molar-refractivity contribution in [3.63, 3.8) is 0 Å². The summed E-state index contributed by atoms with van der Waals surface area (Å²) < 4.78 is 5.31. The van der Waals surface area contributed by atoms with Crippen molar-refractivity contribution >= 4 is 5.57 Å². The molecule has 1 heterocycles. The van der Waals surface area contributed by atoms with E-state index in [-0.39, 0.29) is 6.61 Å². The van der Waals surface area contributed by atoms with Gasteiger partial charge in [0.25, 0.3) is 0 Å². The van der Waals surface area contributed by atoms with Gasteiger partial charge in [-0.1, -0.05) is 6.08 Å². The average Bonchev–Trinajstić information content (AvgIpc) is 2.53. The van der Waals surface area contributed by atoms with E-state index in [1.165, 1.54) is 11.1 Å². The Morgan fingerprint density at radius 2 is 2.42 bits per heavy atom. The first-order valence-corrected chi connectivity index (χ1v) is 4.28. The largest absolute Gasteiger partial charge is 0.469 e. The van der Waals surface area contributed by atoms with Crippen LogP contribution in [-0.2, 0) is 6.42 Å². The average molecular weight is 164 g/mol. The lowest BCUT2D eigenvalue weighted by Gasteiger charge is -2.12. The lowest BCUT2D eigenvalue weighted by Crippen LogP contribution is -1.98. The highest BCUT2D eigenvalue weighted by Crippen LogP contribution is 2.30. The van der Waals surface area contributed by atoms with E-state index in [0.29, 0.717) is 0 Å². The molecule has 1 N–H and O–H groups in total. The molecule has 0 spiro atoms. The molecule has 0 aliphatic heterocycles. The first-order chi connectivity index (χ1) is 5.92. The maximum atomic E-state index is 8.77. The Bertz CT molecular complexity index is 297. The van der Waals surface area contributed by atoms with Gasteiger partial charge in [-0.3, -0.25) is 0 Å². The maximum absolute atomic E-state index is 8.77. The van der Waals surface area contributed by atoms with Crippen LogP contribution in [0.15, 0.2) is 22.8 Å². The van der Waals surface area contributed by atoms with E-state index in [0.717, 1.165) is 25.0 Å². The third-order valence-electron chi connectivity index (χ3n) is 2.28. The molecule has 0 saturated heterocycles. The molecular weight excluding hydrogens is 152 g/mol. The maximum Gasteiger partial charge on any atom is 0.111 e. The number of hydrogen-bond acceptors (Lipinski definition) is 2. The SMILES string of the molecule is OC/C=C1\CCCc2occc21. The van der Waals surface area contributed by atoms with Crippen molar-refractivity contribution in [2.45, 2.75) is 19.3 Å². The van der Waals surface area contributed by atoms with Gasteiger partial charge in [-0.15, -0.1) is 0 Å². The van der Waals surface area contributed by atoms with Gasteiger partial charge in [0.05, 0.1) is 12.9 Å². The molecule has 1 aliphatic rings. The first-order valence-electron chi connectivity index (χ1n) is 4.28. The molecule has 0 amide bonds.